The number of aliphatic hydroxyl groups excluding tert-OH is 1. The summed E-state index contributed by atoms with van der Waals surface area (Å²) in [6, 6.07) is 17.7. The highest BCUT2D eigenvalue weighted by molar-refractivity contribution is 7.49. The summed E-state index contributed by atoms with van der Waals surface area (Å²) in [5.74, 6) is 0.847. The lowest BCUT2D eigenvalue weighted by atomic mass is 9.95. The molecule has 2 aromatic carbocycles. The van der Waals surface area contributed by atoms with E-state index in [4.69, 9.17) is 13.6 Å². The van der Waals surface area contributed by atoms with E-state index >= 15 is 0 Å². The summed E-state index contributed by atoms with van der Waals surface area (Å²) in [6.07, 6.45) is 1.94. The summed E-state index contributed by atoms with van der Waals surface area (Å²) < 4.78 is 30.1. The zero-order valence-electron chi connectivity index (χ0n) is 13.3. The topological polar surface area (TPSA) is 65.0 Å². The van der Waals surface area contributed by atoms with Gasteiger partial charge in [0.25, 0.3) is 0 Å². The number of rotatable bonds is 6. The van der Waals surface area contributed by atoms with Gasteiger partial charge in [-0.25, -0.2) is 4.57 Å². The van der Waals surface area contributed by atoms with Gasteiger partial charge in [-0.3, -0.25) is 4.52 Å². The highest BCUT2D eigenvalue weighted by atomic mass is 31.2. The summed E-state index contributed by atoms with van der Waals surface area (Å²) in [5.41, 5.74) is 0. The standard InChI is InChI=1S/C18H21O5P/c19-15-11-13-18(14-12-15)23-24(20,21-16-7-3-1-4-8-16)22-17-9-5-2-6-10-17/h1-10,15,18-19H,11-14H2. The van der Waals surface area contributed by atoms with Crippen LogP contribution in [-0.4, -0.2) is 17.3 Å². The Morgan fingerprint density at radius 1 is 0.792 bits per heavy atom. The third-order valence-electron chi connectivity index (χ3n) is 3.84. The molecule has 1 aliphatic carbocycles. The minimum atomic E-state index is -3.83. The van der Waals surface area contributed by atoms with E-state index in [0.29, 0.717) is 37.2 Å². The van der Waals surface area contributed by atoms with Crippen molar-refractivity contribution in [2.75, 3.05) is 0 Å². The van der Waals surface area contributed by atoms with Crippen molar-refractivity contribution < 1.29 is 23.2 Å². The Labute approximate surface area is 141 Å². The van der Waals surface area contributed by atoms with Crippen molar-refractivity contribution >= 4 is 7.82 Å². The summed E-state index contributed by atoms with van der Waals surface area (Å²) >= 11 is 0. The fourth-order valence-electron chi connectivity index (χ4n) is 2.62. The highest BCUT2D eigenvalue weighted by Crippen LogP contribution is 2.51. The molecule has 6 heteroatoms. The van der Waals surface area contributed by atoms with Gasteiger partial charge in [-0.05, 0) is 49.9 Å². The van der Waals surface area contributed by atoms with E-state index in [9.17, 15) is 9.67 Å². The first kappa shape index (κ1) is 17.0. The van der Waals surface area contributed by atoms with Gasteiger partial charge in [-0.15, -0.1) is 0 Å². The van der Waals surface area contributed by atoms with Crippen LogP contribution in [0.3, 0.4) is 0 Å². The average molecular weight is 348 g/mol. The van der Waals surface area contributed by atoms with Gasteiger partial charge in [0.15, 0.2) is 0 Å². The molecule has 0 spiro atoms. The van der Waals surface area contributed by atoms with Crippen LogP contribution in [0.5, 0.6) is 11.5 Å². The molecule has 128 valence electrons. The van der Waals surface area contributed by atoms with E-state index in [1.165, 1.54) is 0 Å². The summed E-state index contributed by atoms with van der Waals surface area (Å²) in [7, 11) is -3.83. The van der Waals surface area contributed by atoms with Crippen molar-refractivity contribution in [3.8, 4) is 11.5 Å². The van der Waals surface area contributed by atoms with E-state index in [-0.39, 0.29) is 12.2 Å². The van der Waals surface area contributed by atoms with Crippen LogP contribution in [0.4, 0.5) is 0 Å². The molecule has 24 heavy (non-hydrogen) atoms. The first-order chi connectivity index (χ1) is 11.6. The fraction of sp³-hybridized carbons (Fsp3) is 0.333. The summed E-state index contributed by atoms with van der Waals surface area (Å²) in [4.78, 5) is 0. The van der Waals surface area contributed by atoms with Crippen molar-refractivity contribution in [3.63, 3.8) is 0 Å². The van der Waals surface area contributed by atoms with Gasteiger partial charge >= 0.3 is 7.82 Å². The molecule has 0 unspecified atom stereocenters. The molecule has 0 radical (unpaired) electrons. The predicted molar refractivity (Wildman–Crippen MR) is 91.1 cm³/mol. The molecule has 0 aromatic heterocycles. The van der Waals surface area contributed by atoms with Gasteiger partial charge < -0.3 is 14.2 Å². The van der Waals surface area contributed by atoms with Crippen LogP contribution in [0.1, 0.15) is 25.7 Å². The monoisotopic (exact) mass is 348 g/mol. The minimum Gasteiger partial charge on any atom is -0.395 e. The van der Waals surface area contributed by atoms with E-state index in [0.717, 1.165) is 0 Å². The summed E-state index contributed by atoms with van der Waals surface area (Å²) in [6.45, 7) is 0. The van der Waals surface area contributed by atoms with Gasteiger partial charge in [0.2, 0.25) is 0 Å². The lowest BCUT2D eigenvalue weighted by molar-refractivity contribution is 0.0519. The number of hydrogen-bond donors (Lipinski definition) is 1. The first-order valence-corrected chi connectivity index (χ1v) is 9.55. The Bertz CT molecular complexity index is 623. The molecule has 0 aliphatic heterocycles. The van der Waals surface area contributed by atoms with Crippen molar-refractivity contribution in [2.24, 2.45) is 0 Å². The largest absolute Gasteiger partial charge is 0.587 e. The van der Waals surface area contributed by atoms with Crippen molar-refractivity contribution in [2.45, 2.75) is 37.9 Å². The zero-order chi connectivity index (χ0) is 16.8. The average Bonchev–Trinajstić information content (AvgIpc) is 2.58. The Balaban J connectivity index is 1.76. The molecular weight excluding hydrogens is 327 g/mol. The highest BCUT2D eigenvalue weighted by Gasteiger charge is 2.36. The van der Waals surface area contributed by atoms with E-state index in [2.05, 4.69) is 0 Å². The van der Waals surface area contributed by atoms with Crippen LogP contribution in [0.15, 0.2) is 60.7 Å². The Morgan fingerprint density at radius 3 is 1.71 bits per heavy atom. The number of aliphatic hydroxyl groups is 1. The van der Waals surface area contributed by atoms with Gasteiger partial charge in [-0.2, -0.15) is 0 Å². The van der Waals surface area contributed by atoms with Crippen molar-refractivity contribution in [1.29, 1.82) is 0 Å². The van der Waals surface area contributed by atoms with Crippen LogP contribution >= 0.6 is 7.82 Å². The van der Waals surface area contributed by atoms with Gasteiger partial charge in [0.1, 0.15) is 11.5 Å². The molecule has 0 bridgehead atoms. The van der Waals surface area contributed by atoms with E-state index < -0.39 is 7.82 Å². The normalized spacial score (nSPS) is 21.2. The molecule has 0 heterocycles. The second-order valence-corrected chi connectivity index (χ2v) is 7.26. The molecular formula is C18H21O5P. The summed E-state index contributed by atoms with van der Waals surface area (Å²) in [5, 5.41) is 9.61. The molecule has 1 saturated carbocycles. The quantitative estimate of drug-likeness (QED) is 0.775. The number of hydrogen-bond acceptors (Lipinski definition) is 5. The molecule has 5 nitrogen and oxygen atoms in total. The van der Waals surface area contributed by atoms with Crippen LogP contribution in [0.2, 0.25) is 0 Å². The Kier molecular flexibility index (Phi) is 5.56. The van der Waals surface area contributed by atoms with Crippen LogP contribution < -0.4 is 9.05 Å². The van der Waals surface area contributed by atoms with Crippen molar-refractivity contribution in [1.82, 2.24) is 0 Å². The number of para-hydroxylation sites is 2. The molecule has 3 rings (SSSR count). The SMILES string of the molecule is O=P(Oc1ccccc1)(Oc1ccccc1)OC1CCC(O)CC1. The number of phosphoric acid groups is 1. The molecule has 1 fully saturated rings. The zero-order valence-corrected chi connectivity index (χ0v) is 14.2. The van der Waals surface area contributed by atoms with E-state index in [1.54, 1.807) is 48.5 Å². The second kappa shape index (κ2) is 7.84. The molecule has 0 atom stereocenters. The molecule has 0 amide bonds. The maximum Gasteiger partial charge on any atom is 0.587 e. The van der Waals surface area contributed by atoms with Gasteiger partial charge in [0, 0.05) is 0 Å². The Hall–Kier alpha value is -1.81. The lowest BCUT2D eigenvalue weighted by Crippen LogP contribution is -2.25. The minimum absolute atomic E-state index is 0.258. The van der Waals surface area contributed by atoms with Gasteiger partial charge in [-0.1, -0.05) is 36.4 Å². The van der Waals surface area contributed by atoms with Gasteiger partial charge in [0.05, 0.1) is 12.2 Å². The molecule has 1 N–H and O–H groups in total. The lowest BCUT2D eigenvalue weighted by Gasteiger charge is -2.28. The third-order valence-corrected chi connectivity index (χ3v) is 5.27. The first-order valence-electron chi connectivity index (χ1n) is 8.09. The number of benzene rings is 2. The predicted octanol–water partition coefficient (Wildman–Crippen LogP) is 4.57. The Morgan fingerprint density at radius 2 is 1.25 bits per heavy atom. The molecule has 2 aromatic rings. The molecule has 0 saturated heterocycles. The maximum absolute atomic E-state index is 13.2. The smallest absolute Gasteiger partial charge is 0.395 e. The fourth-order valence-corrected chi connectivity index (χ4v) is 4.07. The van der Waals surface area contributed by atoms with Crippen LogP contribution in [-0.2, 0) is 9.09 Å². The van der Waals surface area contributed by atoms with Crippen molar-refractivity contribution in [3.05, 3.63) is 60.7 Å². The maximum atomic E-state index is 13.2. The third kappa shape index (κ3) is 4.84. The van der Waals surface area contributed by atoms with E-state index in [1.807, 2.05) is 12.1 Å². The van der Waals surface area contributed by atoms with Crippen LogP contribution in [0, 0.1) is 0 Å². The molecule has 1 aliphatic rings. The van der Waals surface area contributed by atoms with Crippen LogP contribution in [0.25, 0.3) is 0 Å². The number of phosphoric ester groups is 1. The second-order valence-electron chi connectivity index (χ2n) is 5.79.